The molecule has 0 aliphatic rings. The van der Waals surface area contributed by atoms with Gasteiger partial charge >= 0.3 is 0 Å². The van der Waals surface area contributed by atoms with Crippen molar-refractivity contribution in [1.29, 1.82) is 0 Å². The van der Waals surface area contributed by atoms with Crippen LogP contribution in [0, 0.1) is 0 Å². The molecule has 0 bridgehead atoms. The fourth-order valence-corrected chi connectivity index (χ4v) is 3.06. The van der Waals surface area contributed by atoms with Crippen LogP contribution in [0.2, 0.25) is 0 Å². The van der Waals surface area contributed by atoms with E-state index in [1.807, 2.05) is 11.7 Å². The van der Waals surface area contributed by atoms with Crippen molar-refractivity contribution in [3.05, 3.63) is 52.6 Å². The number of aromatic nitrogens is 2. The summed E-state index contributed by atoms with van der Waals surface area (Å²) < 4.78 is 7.34. The van der Waals surface area contributed by atoms with Gasteiger partial charge in [-0.1, -0.05) is 12.1 Å². The monoisotopic (exact) mass is 301 g/mol. The quantitative estimate of drug-likeness (QED) is 0.682. The second kappa shape index (κ2) is 6.85. The maximum absolute atomic E-state index is 5.06. The fraction of sp³-hybridized carbons (Fsp3) is 0.312. The molecule has 0 spiro atoms. The summed E-state index contributed by atoms with van der Waals surface area (Å²) in [7, 11) is 1.72. The Balaban J connectivity index is 1.79. The Bertz CT molecular complexity index is 691. The van der Waals surface area contributed by atoms with Gasteiger partial charge in [0.05, 0.1) is 18.7 Å². The number of ether oxygens (including phenoxy) is 1. The molecule has 1 N–H and O–H groups in total. The molecule has 110 valence electrons. The minimum Gasteiger partial charge on any atom is -0.383 e. The Labute approximate surface area is 128 Å². The van der Waals surface area contributed by atoms with Crippen molar-refractivity contribution in [3.63, 3.8) is 0 Å². The predicted molar refractivity (Wildman–Crippen MR) is 86.7 cm³/mol. The maximum atomic E-state index is 5.06. The van der Waals surface area contributed by atoms with Gasteiger partial charge in [-0.05, 0) is 17.7 Å². The molecule has 0 unspecified atom stereocenters. The Morgan fingerprint density at radius 2 is 2.29 bits per heavy atom. The molecule has 0 aliphatic heterocycles. The van der Waals surface area contributed by atoms with Crippen molar-refractivity contribution in [3.8, 4) is 0 Å². The van der Waals surface area contributed by atoms with Crippen molar-refractivity contribution < 1.29 is 4.74 Å². The van der Waals surface area contributed by atoms with Gasteiger partial charge in [-0.3, -0.25) is 4.98 Å². The fourth-order valence-electron chi connectivity index (χ4n) is 2.46. The lowest BCUT2D eigenvalue weighted by Gasteiger charge is -2.07. The van der Waals surface area contributed by atoms with Crippen LogP contribution in [0.15, 0.2) is 42.2 Å². The lowest BCUT2D eigenvalue weighted by atomic mass is 10.1. The van der Waals surface area contributed by atoms with Crippen LogP contribution in [-0.4, -0.2) is 29.8 Å². The lowest BCUT2D eigenvalue weighted by Crippen LogP contribution is -2.18. The molecule has 0 saturated carbocycles. The molecule has 3 rings (SSSR count). The van der Waals surface area contributed by atoms with E-state index < -0.39 is 0 Å². The molecule has 21 heavy (non-hydrogen) atoms. The average Bonchev–Trinajstić information content (AvgIpc) is 3.15. The molecule has 0 radical (unpaired) electrons. The van der Waals surface area contributed by atoms with E-state index in [1.54, 1.807) is 18.4 Å². The molecule has 0 aliphatic carbocycles. The lowest BCUT2D eigenvalue weighted by molar-refractivity contribution is 0.199. The Kier molecular flexibility index (Phi) is 4.65. The topological polar surface area (TPSA) is 39.1 Å². The summed E-state index contributed by atoms with van der Waals surface area (Å²) in [6.45, 7) is 3.36. The van der Waals surface area contributed by atoms with Gasteiger partial charge in [0.15, 0.2) is 0 Å². The van der Waals surface area contributed by atoms with Crippen LogP contribution in [0.1, 0.15) is 10.4 Å². The zero-order valence-electron chi connectivity index (χ0n) is 12.1. The smallest absolute Gasteiger partial charge is 0.0794 e. The van der Waals surface area contributed by atoms with E-state index in [4.69, 9.17) is 4.74 Å². The molecule has 0 fully saturated rings. The maximum Gasteiger partial charge on any atom is 0.0794 e. The van der Waals surface area contributed by atoms with Gasteiger partial charge in [-0.25, -0.2) is 0 Å². The number of hydrogen-bond donors (Lipinski definition) is 1. The highest BCUT2D eigenvalue weighted by Gasteiger charge is 2.06. The average molecular weight is 301 g/mol. The van der Waals surface area contributed by atoms with Crippen molar-refractivity contribution in [1.82, 2.24) is 14.9 Å². The van der Waals surface area contributed by atoms with Gasteiger partial charge < -0.3 is 14.6 Å². The number of methoxy groups -OCH3 is 1. The zero-order valence-corrected chi connectivity index (χ0v) is 12.9. The molecule has 3 aromatic rings. The first-order chi connectivity index (χ1) is 10.4. The van der Waals surface area contributed by atoms with Crippen LogP contribution in [0.3, 0.4) is 0 Å². The van der Waals surface area contributed by atoms with E-state index in [2.05, 4.69) is 45.3 Å². The van der Waals surface area contributed by atoms with Crippen LogP contribution in [0.5, 0.6) is 0 Å². The normalized spacial score (nSPS) is 11.3. The molecule has 0 atom stereocenters. The molecule has 1 aromatic carbocycles. The third-order valence-electron chi connectivity index (χ3n) is 3.51. The van der Waals surface area contributed by atoms with Gasteiger partial charge in [0.25, 0.3) is 0 Å². The highest BCUT2D eigenvalue weighted by Crippen LogP contribution is 2.22. The second-order valence-corrected chi connectivity index (χ2v) is 5.90. The highest BCUT2D eigenvalue weighted by molar-refractivity contribution is 7.09. The van der Waals surface area contributed by atoms with Crippen LogP contribution in [-0.2, 0) is 17.8 Å². The largest absolute Gasteiger partial charge is 0.383 e. The zero-order chi connectivity index (χ0) is 14.5. The van der Waals surface area contributed by atoms with E-state index in [-0.39, 0.29) is 0 Å². The van der Waals surface area contributed by atoms with Crippen LogP contribution >= 0.6 is 11.3 Å². The van der Waals surface area contributed by atoms with Crippen LogP contribution < -0.4 is 5.32 Å². The number of nitrogens with one attached hydrogen (secondary N) is 1. The number of benzene rings is 1. The summed E-state index contributed by atoms with van der Waals surface area (Å²) >= 11 is 1.70. The van der Waals surface area contributed by atoms with E-state index in [0.29, 0.717) is 0 Å². The summed E-state index contributed by atoms with van der Waals surface area (Å²) in [5, 5.41) is 4.72. The molecule has 4 nitrogen and oxygen atoms in total. The van der Waals surface area contributed by atoms with E-state index in [1.165, 1.54) is 21.3 Å². The van der Waals surface area contributed by atoms with E-state index in [9.17, 15) is 0 Å². The SMILES string of the molecule is COCCNCc1cccc2c1ccn2Cc1cncs1. The first-order valence-electron chi connectivity index (χ1n) is 7.02. The summed E-state index contributed by atoms with van der Waals surface area (Å²) in [5.74, 6) is 0. The number of nitrogens with zero attached hydrogens (tertiary/aromatic N) is 2. The Morgan fingerprint density at radius 1 is 1.33 bits per heavy atom. The Morgan fingerprint density at radius 3 is 3.10 bits per heavy atom. The number of hydrogen-bond acceptors (Lipinski definition) is 4. The van der Waals surface area contributed by atoms with E-state index >= 15 is 0 Å². The van der Waals surface area contributed by atoms with Crippen LogP contribution in [0.4, 0.5) is 0 Å². The second-order valence-electron chi connectivity index (χ2n) is 4.93. The summed E-state index contributed by atoms with van der Waals surface area (Å²) in [6, 6.07) is 8.68. The molecule has 2 aromatic heterocycles. The van der Waals surface area contributed by atoms with Gasteiger partial charge in [0.2, 0.25) is 0 Å². The standard InChI is InChI=1S/C16H19N3OS/c1-20-8-6-17-9-13-3-2-4-16-15(13)5-7-19(16)11-14-10-18-12-21-14/h2-5,7,10,12,17H,6,8-9,11H2,1H3. The van der Waals surface area contributed by atoms with Crippen molar-refractivity contribution in [2.24, 2.45) is 0 Å². The van der Waals surface area contributed by atoms with Crippen molar-refractivity contribution in [2.45, 2.75) is 13.1 Å². The molecule has 5 heteroatoms. The molecule has 0 saturated heterocycles. The number of thiazole rings is 1. The van der Waals surface area contributed by atoms with Crippen molar-refractivity contribution >= 4 is 22.2 Å². The first kappa shape index (κ1) is 14.3. The summed E-state index contributed by atoms with van der Waals surface area (Å²) in [6.07, 6.45) is 4.09. The molecular formula is C16H19N3OS. The Hall–Kier alpha value is -1.69. The van der Waals surface area contributed by atoms with Gasteiger partial charge in [-0.15, -0.1) is 11.3 Å². The third kappa shape index (κ3) is 3.32. The summed E-state index contributed by atoms with van der Waals surface area (Å²) in [4.78, 5) is 5.42. The number of fused-ring (bicyclic) bond motifs is 1. The molecule has 2 heterocycles. The molecular weight excluding hydrogens is 282 g/mol. The summed E-state index contributed by atoms with van der Waals surface area (Å²) in [5.41, 5.74) is 4.48. The van der Waals surface area contributed by atoms with Gasteiger partial charge in [0.1, 0.15) is 0 Å². The molecule has 0 amide bonds. The van der Waals surface area contributed by atoms with Gasteiger partial charge in [0, 0.05) is 48.4 Å². The minimum absolute atomic E-state index is 0.738. The highest BCUT2D eigenvalue weighted by atomic mass is 32.1. The van der Waals surface area contributed by atoms with Gasteiger partial charge in [-0.2, -0.15) is 0 Å². The first-order valence-corrected chi connectivity index (χ1v) is 7.90. The predicted octanol–water partition coefficient (Wildman–Crippen LogP) is 2.88. The minimum atomic E-state index is 0.738. The van der Waals surface area contributed by atoms with E-state index in [0.717, 1.165) is 26.2 Å². The third-order valence-corrected chi connectivity index (χ3v) is 4.28. The number of rotatable bonds is 7. The van der Waals surface area contributed by atoms with Crippen molar-refractivity contribution in [2.75, 3.05) is 20.3 Å². The van der Waals surface area contributed by atoms with Crippen LogP contribution in [0.25, 0.3) is 10.9 Å².